The second kappa shape index (κ2) is 12.5. The van der Waals surface area contributed by atoms with Crippen molar-refractivity contribution in [1.82, 2.24) is 20.1 Å². The highest BCUT2D eigenvalue weighted by Crippen LogP contribution is 2.26. The first-order valence-corrected chi connectivity index (χ1v) is 13.7. The Morgan fingerprint density at radius 2 is 1.48 bits per heavy atom. The summed E-state index contributed by atoms with van der Waals surface area (Å²) in [5, 5.41) is 9.02. The minimum absolute atomic E-state index is 0.111. The van der Waals surface area contributed by atoms with Gasteiger partial charge >= 0.3 is 0 Å². The minimum atomic E-state index is -0.882. The number of ketones is 1. The molecule has 1 fully saturated rings. The number of fused-ring (bicyclic) bond motifs is 1. The van der Waals surface area contributed by atoms with E-state index < -0.39 is 23.4 Å². The Hall–Kier alpha value is -5.19. The fourth-order valence-electron chi connectivity index (χ4n) is 5.03. The number of nitrogens with one attached hydrogen (secondary N) is 4. The van der Waals surface area contributed by atoms with Gasteiger partial charge in [0, 0.05) is 63.5 Å². The molecule has 0 bridgehead atoms. The average Bonchev–Trinajstić information content (AvgIpc) is 3.49. The molecule has 0 spiro atoms. The molecule has 1 aliphatic heterocycles. The summed E-state index contributed by atoms with van der Waals surface area (Å²) in [7, 11) is 1.82. The summed E-state index contributed by atoms with van der Waals surface area (Å²) in [6.45, 7) is 1.63. The first-order valence-electron chi connectivity index (χ1n) is 13.7. The molecule has 0 unspecified atom stereocenters. The molecule has 10 nitrogen and oxygen atoms in total. The van der Waals surface area contributed by atoms with E-state index in [4.69, 9.17) is 0 Å². The zero-order chi connectivity index (χ0) is 29.6. The zero-order valence-corrected chi connectivity index (χ0v) is 23.1. The number of piperazine rings is 1. The van der Waals surface area contributed by atoms with Crippen LogP contribution in [-0.4, -0.2) is 84.6 Å². The summed E-state index contributed by atoms with van der Waals surface area (Å²) in [6, 6.07) is 19.0. The first-order chi connectivity index (χ1) is 20.4. The van der Waals surface area contributed by atoms with E-state index in [1.807, 2.05) is 37.4 Å². The Bertz CT molecular complexity index is 1630. The SMILES string of the molecule is CNc1ccccc1NCCNC(=O)c1ccc(F)c2c(C(=O)C(=O)N3CCN(C(=O)c4ccccc4)CC3)c[nH]c12. The second-order valence-corrected chi connectivity index (χ2v) is 9.81. The average molecular weight is 571 g/mol. The Kier molecular flexibility index (Phi) is 8.47. The van der Waals surface area contributed by atoms with Gasteiger partial charge in [-0.1, -0.05) is 30.3 Å². The van der Waals surface area contributed by atoms with Crippen molar-refractivity contribution in [2.24, 2.45) is 0 Å². The van der Waals surface area contributed by atoms with Crippen molar-refractivity contribution in [3.05, 3.63) is 95.4 Å². The third-order valence-electron chi connectivity index (χ3n) is 7.27. The molecule has 0 radical (unpaired) electrons. The van der Waals surface area contributed by atoms with Crippen LogP contribution in [0.25, 0.3) is 10.9 Å². The standard InChI is InChI=1S/C31H31FN6O4/c1-33-24-9-5-6-10-25(24)34-13-14-35-29(40)21-11-12-23(32)26-22(19-36-27(21)26)28(39)31(42)38-17-15-37(16-18-38)30(41)20-7-3-2-4-8-20/h2-12,19,33-34,36H,13-18H2,1H3,(H,35,40). The van der Waals surface area contributed by atoms with Gasteiger partial charge in [-0.2, -0.15) is 0 Å². The number of rotatable bonds is 9. The normalized spacial score (nSPS) is 13.1. The number of anilines is 2. The van der Waals surface area contributed by atoms with Crippen LogP contribution in [0.3, 0.4) is 0 Å². The van der Waals surface area contributed by atoms with Crippen molar-refractivity contribution in [2.75, 3.05) is 56.9 Å². The number of nitrogens with zero attached hydrogens (tertiary/aromatic N) is 2. The molecular weight excluding hydrogens is 539 g/mol. The van der Waals surface area contributed by atoms with Crippen LogP contribution in [-0.2, 0) is 4.79 Å². The molecule has 1 saturated heterocycles. The number of carbonyl (C=O) groups excluding carboxylic acids is 4. The van der Waals surface area contributed by atoms with Crippen molar-refractivity contribution < 1.29 is 23.6 Å². The maximum Gasteiger partial charge on any atom is 0.295 e. The summed E-state index contributed by atoms with van der Waals surface area (Å²) in [5.74, 6) is -2.98. The number of aromatic nitrogens is 1. The highest BCUT2D eigenvalue weighted by atomic mass is 19.1. The summed E-state index contributed by atoms with van der Waals surface area (Å²) < 4.78 is 15.0. The predicted molar refractivity (Wildman–Crippen MR) is 158 cm³/mol. The number of amides is 3. The lowest BCUT2D eigenvalue weighted by Crippen LogP contribution is -2.52. The number of hydrogen-bond donors (Lipinski definition) is 4. The molecule has 216 valence electrons. The smallest absolute Gasteiger partial charge is 0.295 e. The number of carbonyl (C=O) groups is 4. The van der Waals surface area contributed by atoms with Crippen LogP contribution in [0.1, 0.15) is 31.1 Å². The van der Waals surface area contributed by atoms with Crippen molar-refractivity contribution in [2.45, 2.75) is 0 Å². The molecule has 1 aliphatic rings. The molecular formula is C31H31FN6O4. The molecule has 42 heavy (non-hydrogen) atoms. The van der Waals surface area contributed by atoms with E-state index in [1.165, 1.54) is 17.2 Å². The minimum Gasteiger partial charge on any atom is -0.386 e. The summed E-state index contributed by atoms with van der Waals surface area (Å²) in [4.78, 5) is 57.8. The number of benzene rings is 3. The van der Waals surface area contributed by atoms with Gasteiger partial charge in [0.2, 0.25) is 0 Å². The van der Waals surface area contributed by atoms with Crippen LogP contribution in [0, 0.1) is 5.82 Å². The van der Waals surface area contributed by atoms with Crippen molar-refractivity contribution >= 4 is 45.8 Å². The van der Waals surface area contributed by atoms with Crippen LogP contribution in [0.15, 0.2) is 72.9 Å². The predicted octanol–water partition coefficient (Wildman–Crippen LogP) is 3.36. The lowest BCUT2D eigenvalue weighted by atomic mass is 10.0. The molecule has 3 amide bonds. The molecule has 0 aliphatic carbocycles. The van der Waals surface area contributed by atoms with Crippen molar-refractivity contribution in [3.8, 4) is 0 Å². The number of halogens is 1. The lowest BCUT2D eigenvalue weighted by molar-refractivity contribution is -0.127. The molecule has 0 saturated carbocycles. The second-order valence-electron chi connectivity index (χ2n) is 9.81. The molecule has 4 aromatic rings. The summed E-state index contributed by atoms with van der Waals surface area (Å²) >= 11 is 0. The number of H-pyrrole nitrogens is 1. The maximum absolute atomic E-state index is 15.0. The van der Waals surface area contributed by atoms with Crippen LogP contribution >= 0.6 is 0 Å². The van der Waals surface area contributed by atoms with Gasteiger partial charge in [0.15, 0.2) is 0 Å². The van der Waals surface area contributed by atoms with Crippen molar-refractivity contribution in [1.29, 1.82) is 0 Å². The molecule has 2 heterocycles. The quantitative estimate of drug-likeness (QED) is 0.139. The fraction of sp³-hybridized carbons (Fsp3) is 0.226. The van der Waals surface area contributed by atoms with Gasteiger partial charge in [0.25, 0.3) is 23.5 Å². The van der Waals surface area contributed by atoms with E-state index in [9.17, 15) is 23.6 Å². The van der Waals surface area contributed by atoms with Crippen LogP contribution in [0.4, 0.5) is 15.8 Å². The number of hydrogen-bond acceptors (Lipinski definition) is 6. The molecule has 1 aromatic heterocycles. The van der Waals surface area contributed by atoms with Gasteiger partial charge < -0.3 is 30.7 Å². The zero-order valence-electron chi connectivity index (χ0n) is 23.1. The summed E-state index contributed by atoms with van der Waals surface area (Å²) in [6.07, 6.45) is 1.26. The topological polar surface area (TPSA) is 127 Å². The molecule has 5 rings (SSSR count). The van der Waals surface area contributed by atoms with E-state index in [-0.39, 0.29) is 54.1 Å². The van der Waals surface area contributed by atoms with Gasteiger partial charge in [-0.3, -0.25) is 19.2 Å². The van der Waals surface area contributed by atoms with E-state index >= 15 is 0 Å². The Labute approximate surface area is 241 Å². The van der Waals surface area contributed by atoms with Gasteiger partial charge in [-0.15, -0.1) is 0 Å². The van der Waals surface area contributed by atoms with Gasteiger partial charge in [0.05, 0.1) is 28.0 Å². The fourth-order valence-corrected chi connectivity index (χ4v) is 5.03. The summed E-state index contributed by atoms with van der Waals surface area (Å²) in [5.41, 5.74) is 2.51. The lowest BCUT2D eigenvalue weighted by Gasteiger charge is -2.34. The number of para-hydroxylation sites is 2. The van der Waals surface area contributed by atoms with E-state index in [0.29, 0.717) is 18.7 Å². The Morgan fingerprint density at radius 3 is 2.19 bits per heavy atom. The number of Topliss-reactive ketones (excluding diaryl/α,β-unsaturated/α-hetero) is 1. The van der Waals surface area contributed by atoms with E-state index in [2.05, 4.69) is 20.9 Å². The highest BCUT2D eigenvalue weighted by Gasteiger charge is 2.31. The van der Waals surface area contributed by atoms with Gasteiger partial charge in [-0.05, 0) is 36.4 Å². The van der Waals surface area contributed by atoms with Crippen LogP contribution in [0.2, 0.25) is 0 Å². The first kappa shape index (κ1) is 28.3. The Morgan fingerprint density at radius 1 is 0.810 bits per heavy atom. The third-order valence-corrected chi connectivity index (χ3v) is 7.27. The van der Waals surface area contributed by atoms with E-state index in [1.54, 1.807) is 29.2 Å². The molecule has 11 heteroatoms. The van der Waals surface area contributed by atoms with Crippen LogP contribution < -0.4 is 16.0 Å². The molecule has 4 N–H and O–H groups in total. The molecule has 3 aromatic carbocycles. The third kappa shape index (κ3) is 5.80. The Balaban J connectivity index is 1.22. The monoisotopic (exact) mass is 570 g/mol. The largest absolute Gasteiger partial charge is 0.386 e. The van der Waals surface area contributed by atoms with Crippen LogP contribution in [0.5, 0.6) is 0 Å². The van der Waals surface area contributed by atoms with Crippen molar-refractivity contribution in [3.63, 3.8) is 0 Å². The van der Waals surface area contributed by atoms with E-state index in [0.717, 1.165) is 17.4 Å². The van der Waals surface area contributed by atoms with Gasteiger partial charge in [-0.25, -0.2) is 4.39 Å². The maximum atomic E-state index is 15.0. The highest BCUT2D eigenvalue weighted by molar-refractivity contribution is 6.45. The number of aromatic amines is 1. The van der Waals surface area contributed by atoms with Gasteiger partial charge in [0.1, 0.15) is 5.82 Å². The molecule has 0 atom stereocenters.